The molecular weight excluding hydrogens is 338 g/mol. The van der Waals surface area contributed by atoms with E-state index in [2.05, 4.69) is 56.4 Å². The monoisotopic (exact) mass is 367 g/mol. The molecule has 6 nitrogen and oxygen atoms in total. The standard InChI is InChI=1S/C21H29N5O/c1-17-10-11-23-21(24-17)26-13-6-9-19(16-26)20(27)22-12-14-25(2)15-18-7-4-3-5-8-18/h3-5,7-8,10-11,19H,6,9,12-16H2,1-2H3,(H,22,27). The number of hydrogen-bond donors (Lipinski definition) is 1. The van der Waals surface area contributed by atoms with Gasteiger partial charge in [0, 0.05) is 44.6 Å². The minimum Gasteiger partial charge on any atom is -0.355 e. The molecule has 1 saturated heterocycles. The van der Waals surface area contributed by atoms with Gasteiger partial charge in [-0.3, -0.25) is 4.79 Å². The molecule has 6 heteroatoms. The van der Waals surface area contributed by atoms with Crippen molar-refractivity contribution in [2.75, 3.05) is 38.1 Å². The molecule has 1 fully saturated rings. The van der Waals surface area contributed by atoms with Crippen LogP contribution in [0.2, 0.25) is 0 Å². The van der Waals surface area contributed by atoms with Gasteiger partial charge in [-0.15, -0.1) is 0 Å². The van der Waals surface area contributed by atoms with Gasteiger partial charge in [0.15, 0.2) is 0 Å². The van der Waals surface area contributed by atoms with Crippen molar-refractivity contribution in [2.45, 2.75) is 26.3 Å². The summed E-state index contributed by atoms with van der Waals surface area (Å²) in [5.74, 6) is 0.873. The van der Waals surface area contributed by atoms with E-state index < -0.39 is 0 Å². The van der Waals surface area contributed by atoms with Gasteiger partial charge in [0.05, 0.1) is 5.92 Å². The van der Waals surface area contributed by atoms with Crippen LogP contribution in [0.25, 0.3) is 0 Å². The Hall–Kier alpha value is -2.47. The van der Waals surface area contributed by atoms with Gasteiger partial charge in [-0.1, -0.05) is 30.3 Å². The first-order valence-electron chi connectivity index (χ1n) is 9.66. The highest BCUT2D eigenvalue weighted by Crippen LogP contribution is 2.20. The molecule has 3 rings (SSSR count). The number of hydrogen-bond acceptors (Lipinski definition) is 5. The normalized spacial score (nSPS) is 17.1. The number of carbonyl (C=O) groups is 1. The molecule has 27 heavy (non-hydrogen) atoms. The van der Waals surface area contributed by atoms with Gasteiger partial charge >= 0.3 is 0 Å². The summed E-state index contributed by atoms with van der Waals surface area (Å²) in [5, 5.41) is 3.10. The molecule has 2 aromatic rings. The third-order valence-corrected chi connectivity index (χ3v) is 4.95. The van der Waals surface area contributed by atoms with E-state index in [9.17, 15) is 4.79 Å². The van der Waals surface area contributed by atoms with Crippen molar-refractivity contribution >= 4 is 11.9 Å². The minimum atomic E-state index is 0.00212. The third kappa shape index (κ3) is 5.76. The molecule has 1 aromatic carbocycles. The Kier molecular flexibility index (Phi) is 6.76. The van der Waals surface area contributed by atoms with Gasteiger partial charge in [0.2, 0.25) is 11.9 Å². The van der Waals surface area contributed by atoms with Crippen LogP contribution in [-0.4, -0.2) is 54.0 Å². The highest BCUT2D eigenvalue weighted by molar-refractivity contribution is 5.79. The largest absolute Gasteiger partial charge is 0.355 e. The summed E-state index contributed by atoms with van der Waals surface area (Å²) >= 11 is 0. The molecule has 0 bridgehead atoms. The van der Waals surface area contributed by atoms with Crippen LogP contribution < -0.4 is 10.2 Å². The molecular formula is C21H29N5O. The molecule has 1 amide bonds. The molecule has 0 spiro atoms. The van der Waals surface area contributed by atoms with Gasteiger partial charge in [-0.05, 0) is 38.4 Å². The molecule has 0 radical (unpaired) electrons. The lowest BCUT2D eigenvalue weighted by Gasteiger charge is -2.32. The fourth-order valence-corrected chi connectivity index (χ4v) is 3.45. The first kappa shape index (κ1) is 19.3. The molecule has 1 atom stereocenters. The Morgan fingerprint density at radius 2 is 2.11 bits per heavy atom. The van der Waals surface area contributed by atoms with E-state index in [1.165, 1.54) is 5.56 Å². The number of aryl methyl sites for hydroxylation is 1. The van der Waals surface area contributed by atoms with E-state index in [1.54, 1.807) is 6.20 Å². The second-order valence-corrected chi connectivity index (χ2v) is 7.30. The summed E-state index contributed by atoms with van der Waals surface area (Å²) in [6, 6.07) is 12.3. The van der Waals surface area contributed by atoms with Crippen molar-refractivity contribution in [1.82, 2.24) is 20.2 Å². The molecule has 144 valence electrons. The minimum absolute atomic E-state index is 0.00212. The number of carbonyl (C=O) groups excluding carboxylic acids is 1. The second kappa shape index (κ2) is 9.46. The lowest BCUT2D eigenvalue weighted by molar-refractivity contribution is -0.125. The van der Waals surface area contributed by atoms with Crippen LogP contribution in [0.15, 0.2) is 42.6 Å². The smallest absolute Gasteiger partial charge is 0.225 e. The average molecular weight is 367 g/mol. The number of anilines is 1. The predicted octanol–water partition coefficient (Wildman–Crippen LogP) is 2.25. The summed E-state index contributed by atoms with van der Waals surface area (Å²) in [6.45, 7) is 5.95. The highest BCUT2D eigenvalue weighted by Gasteiger charge is 2.26. The molecule has 0 saturated carbocycles. The summed E-state index contributed by atoms with van der Waals surface area (Å²) in [5.41, 5.74) is 2.24. The van der Waals surface area contributed by atoms with Crippen LogP contribution in [-0.2, 0) is 11.3 Å². The van der Waals surface area contributed by atoms with Crippen LogP contribution >= 0.6 is 0 Å². The molecule has 2 heterocycles. The Labute approximate surface area is 161 Å². The number of nitrogens with zero attached hydrogens (tertiary/aromatic N) is 4. The van der Waals surface area contributed by atoms with Crippen LogP contribution in [0, 0.1) is 12.8 Å². The van der Waals surface area contributed by atoms with Crippen LogP contribution in [0.4, 0.5) is 5.95 Å². The van der Waals surface area contributed by atoms with Gasteiger partial charge < -0.3 is 15.1 Å². The number of piperidine rings is 1. The average Bonchev–Trinajstić information content (AvgIpc) is 2.69. The maximum absolute atomic E-state index is 12.6. The quantitative estimate of drug-likeness (QED) is 0.813. The van der Waals surface area contributed by atoms with Crippen molar-refractivity contribution in [1.29, 1.82) is 0 Å². The number of benzene rings is 1. The van der Waals surface area contributed by atoms with Crippen molar-refractivity contribution < 1.29 is 4.79 Å². The molecule has 1 aliphatic heterocycles. The van der Waals surface area contributed by atoms with Gasteiger partial charge in [0.25, 0.3) is 0 Å². The Morgan fingerprint density at radius 1 is 1.30 bits per heavy atom. The Morgan fingerprint density at radius 3 is 2.89 bits per heavy atom. The van der Waals surface area contributed by atoms with Crippen LogP contribution in [0.1, 0.15) is 24.1 Å². The molecule has 1 aromatic heterocycles. The fourth-order valence-electron chi connectivity index (χ4n) is 3.45. The zero-order chi connectivity index (χ0) is 19.1. The number of rotatable bonds is 7. The SMILES string of the molecule is Cc1ccnc(N2CCCC(C(=O)NCCN(C)Cc3ccccc3)C2)n1. The molecule has 1 aliphatic rings. The lowest BCUT2D eigenvalue weighted by Crippen LogP contribution is -2.45. The van der Waals surface area contributed by atoms with Crippen LogP contribution in [0.3, 0.4) is 0 Å². The fraction of sp³-hybridized carbons (Fsp3) is 0.476. The first-order chi connectivity index (χ1) is 13.1. The van der Waals surface area contributed by atoms with Gasteiger partial charge in [0.1, 0.15) is 0 Å². The van der Waals surface area contributed by atoms with E-state index in [4.69, 9.17) is 0 Å². The topological polar surface area (TPSA) is 61.4 Å². The molecule has 1 N–H and O–H groups in total. The zero-order valence-electron chi connectivity index (χ0n) is 16.3. The number of amides is 1. The summed E-state index contributed by atoms with van der Waals surface area (Å²) in [4.78, 5) is 25.8. The Balaban J connectivity index is 1.43. The van der Waals surface area contributed by atoms with Gasteiger partial charge in [-0.25, -0.2) is 9.97 Å². The second-order valence-electron chi connectivity index (χ2n) is 7.30. The maximum Gasteiger partial charge on any atom is 0.225 e. The maximum atomic E-state index is 12.6. The van der Waals surface area contributed by atoms with Crippen molar-refractivity contribution in [3.05, 3.63) is 53.9 Å². The number of aromatic nitrogens is 2. The summed E-state index contributed by atoms with van der Waals surface area (Å²) < 4.78 is 0. The number of nitrogens with one attached hydrogen (secondary N) is 1. The van der Waals surface area contributed by atoms with E-state index >= 15 is 0 Å². The Bertz CT molecular complexity index is 736. The van der Waals surface area contributed by atoms with Crippen molar-refractivity contribution in [2.24, 2.45) is 5.92 Å². The summed E-state index contributed by atoms with van der Waals surface area (Å²) in [6.07, 6.45) is 3.70. The van der Waals surface area contributed by atoms with E-state index in [1.807, 2.05) is 19.1 Å². The first-order valence-corrected chi connectivity index (χ1v) is 9.66. The van der Waals surface area contributed by atoms with E-state index in [-0.39, 0.29) is 11.8 Å². The van der Waals surface area contributed by atoms with Crippen molar-refractivity contribution in [3.8, 4) is 0 Å². The molecule has 0 aliphatic carbocycles. The molecule has 1 unspecified atom stereocenters. The predicted molar refractivity (Wildman–Crippen MR) is 107 cm³/mol. The van der Waals surface area contributed by atoms with Crippen LogP contribution in [0.5, 0.6) is 0 Å². The zero-order valence-corrected chi connectivity index (χ0v) is 16.3. The van der Waals surface area contributed by atoms with E-state index in [0.29, 0.717) is 13.1 Å². The lowest BCUT2D eigenvalue weighted by atomic mass is 9.97. The third-order valence-electron chi connectivity index (χ3n) is 4.95. The number of likely N-dealkylation sites (N-methyl/N-ethyl adjacent to an activating group) is 1. The van der Waals surface area contributed by atoms with E-state index in [0.717, 1.165) is 44.1 Å². The summed E-state index contributed by atoms with van der Waals surface area (Å²) in [7, 11) is 2.08. The van der Waals surface area contributed by atoms with Gasteiger partial charge in [-0.2, -0.15) is 0 Å². The van der Waals surface area contributed by atoms with Crippen molar-refractivity contribution in [3.63, 3.8) is 0 Å². The highest BCUT2D eigenvalue weighted by atomic mass is 16.1.